The van der Waals surface area contributed by atoms with Gasteiger partial charge in [0.05, 0.1) is 27.7 Å². The minimum Gasteiger partial charge on any atom is -1.00 e. The van der Waals surface area contributed by atoms with E-state index < -0.39 is 0 Å². The third-order valence-corrected chi connectivity index (χ3v) is 5.82. The lowest BCUT2D eigenvalue weighted by Gasteiger charge is -2.26. The van der Waals surface area contributed by atoms with E-state index in [2.05, 4.69) is 113 Å². The highest BCUT2D eigenvalue weighted by Crippen LogP contribution is 2.34. The van der Waals surface area contributed by atoms with Crippen molar-refractivity contribution in [3.63, 3.8) is 0 Å². The van der Waals surface area contributed by atoms with E-state index in [0.29, 0.717) is 0 Å². The summed E-state index contributed by atoms with van der Waals surface area (Å²) in [6.07, 6.45) is 6.42. The van der Waals surface area contributed by atoms with E-state index in [1.165, 1.54) is 72.4 Å². The van der Waals surface area contributed by atoms with Crippen molar-refractivity contribution in [1.29, 1.82) is 0 Å². The fourth-order valence-electron chi connectivity index (χ4n) is 3.92. The molecule has 3 aromatic carbocycles. The number of benzene rings is 3. The largest absolute Gasteiger partial charge is 1.00 e. The van der Waals surface area contributed by atoms with Gasteiger partial charge in [0, 0.05) is 17.1 Å². The molecular formula is C29H39IN2. The second-order valence-corrected chi connectivity index (χ2v) is 9.85. The number of quaternary nitrogens is 1. The Balaban J connectivity index is 0.00000363. The summed E-state index contributed by atoms with van der Waals surface area (Å²) in [5.74, 6) is 0. The third-order valence-electron chi connectivity index (χ3n) is 5.82. The van der Waals surface area contributed by atoms with Gasteiger partial charge in [-0.25, -0.2) is 0 Å². The van der Waals surface area contributed by atoms with Gasteiger partial charge in [-0.05, 0) is 81.5 Å². The highest BCUT2D eigenvalue weighted by molar-refractivity contribution is 5.76. The lowest BCUT2D eigenvalue weighted by atomic mass is 10.0. The van der Waals surface area contributed by atoms with Crippen LogP contribution in [0.3, 0.4) is 0 Å². The second-order valence-electron chi connectivity index (χ2n) is 9.85. The predicted octanol–water partition coefficient (Wildman–Crippen LogP) is 4.59. The molecule has 32 heavy (non-hydrogen) atoms. The van der Waals surface area contributed by atoms with Gasteiger partial charge in [0.2, 0.25) is 0 Å². The first-order valence-electron chi connectivity index (χ1n) is 11.6. The van der Waals surface area contributed by atoms with Gasteiger partial charge < -0.3 is 33.4 Å². The smallest absolute Gasteiger partial charge is 0.0780 e. The molecule has 0 bridgehead atoms. The molecule has 172 valence electrons. The van der Waals surface area contributed by atoms with Crippen LogP contribution in [0.15, 0.2) is 72.8 Å². The maximum Gasteiger partial charge on any atom is 0.0780 e. The molecule has 0 aliphatic heterocycles. The normalized spacial score (nSPS) is 11.2. The maximum atomic E-state index is 2.34. The number of halogens is 1. The Morgan fingerprint density at radius 1 is 0.562 bits per heavy atom. The van der Waals surface area contributed by atoms with Crippen LogP contribution < -0.4 is 28.9 Å². The zero-order valence-electron chi connectivity index (χ0n) is 20.4. The van der Waals surface area contributed by atoms with Crippen LogP contribution in [-0.4, -0.2) is 32.2 Å². The summed E-state index contributed by atoms with van der Waals surface area (Å²) in [6.45, 7) is 5.54. The van der Waals surface area contributed by atoms with E-state index in [-0.39, 0.29) is 24.0 Å². The monoisotopic (exact) mass is 542 g/mol. The fraction of sp³-hybridized carbons (Fsp3) is 0.379. The Morgan fingerprint density at radius 2 is 0.969 bits per heavy atom. The lowest BCUT2D eigenvalue weighted by Crippen LogP contribution is -3.00. The summed E-state index contributed by atoms with van der Waals surface area (Å²) in [6, 6.07) is 26.7. The zero-order valence-corrected chi connectivity index (χ0v) is 22.6. The van der Waals surface area contributed by atoms with E-state index in [9.17, 15) is 0 Å². The van der Waals surface area contributed by atoms with Crippen molar-refractivity contribution in [3.8, 4) is 0 Å². The highest BCUT2D eigenvalue weighted by Gasteiger charge is 2.12. The summed E-state index contributed by atoms with van der Waals surface area (Å²) < 4.78 is 1.07. The molecular weight excluding hydrogens is 503 g/mol. The van der Waals surface area contributed by atoms with Gasteiger partial charge in [0.25, 0.3) is 0 Å². The number of nitrogens with zero attached hydrogens (tertiary/aromatic N) is 2. The van der Waals surface area contributed by atoms with Crippen molar-refractivity contribution in [2.75, 3.05) is 32.6 Å². The summed E-state index contributed by atoms with van der Waals surface area (Å²) in [7, 11) is 6.83. The minimum absolute atomic E-state index is 0. The maximum absolute atomic E-state index is 2.34. The van der Waals surface area contributed by atoms with Crippen molar-refractivity contribution in [2.45, 2.75) is 46.0 Å². The third kappa shape index (κ3) is 8.25. The topological polar surface area (TPSA) is 3.24 Å². The Labute approximate surface area is 212 Å². The fourth-order valence-corrected chi connectivity index (χ4v) is 3.92. The van der Waals surface area contributed by atoms with Crippen LogP contribution in [0.2, 0.25) is 0 Å². The molecule has 3 aromatic rings. The minimum atomic E-state index is 0. The Kier molecular flexibility index (Phi) is 10.2. The van der Waals surface area contributed by atoms with Crippen LogP contribution in [0.25, 0.3) is 0 Å². The Morgan fingerprint density at radius 3 is 1.41 bits per heavy atom. The molecule has 3 heteroatoms. The molecule has 3 rings (SSSR count). The summed E-state index contributed by atoms with van der Waals surface area (Å²) in [5.41, 5.74) is 7.59. The van der Waals surface area contributed by atoms with Crippen molar-refractivity contribution < 1.29 is 28.5 Å². The van der Waals surface area contributed by atoms with E-state index >= 15 is 0 Å². The first-order valence-corrected chi connectivity index (χ1v) is 11.6. The van der Waals surface area contributed by atoms with E-state index in [1.54, 1.807) is 0 Å². The highest BCUT2D eigenvalue weighted by atomic mass is 127. The van der Waals surface area contributed by atoms with Gasteiger partial charge in [0.15, 0.2) is 0 Å². The molecule has 2 nitrogen and oxygen atoms in total. The van der Waals surface area contributed by atoms with E-state index in [1.807, 2.05) is 0 Å². The molecule has 0 fully saturated rings. The molecule has 0 aromatic heterocycles. The Hall–Kier alpha value is -1.85. The molecule has 0 aliphatic rings. The quantitative estimate of drug-likeness (QED) is 0.206. The number of unbranched alkanes of at least 4 members (excludes halogenated alkanes) is 3. The lowest BCUT2D eigenvalue weighted by molar-refractivity contribution is -0.870. The number of rotatable bonds is 10. The molecule has 0 N–H and O–H groups in total. The van der Waals surface area contributed by atoms with Gasteiger partial charge in [-0.2, -0.15) is 0 Å². The van der Waals surface area contributed by atoms with E-state index in [0.717, 1.165) is 4.48 Å². The summed E-state index contributed by atoms with van der Waals surface area (Å²) >= 11 is 0. The summed E-state index contributed by atoms with van der Waals surface area (Å²) in [5, 5.41) is 0. The van der Waals surface area contributed by atoms with Crippen LogP contribution in [0.5, 0.6) is 0 Å². The van der Waals surface area contributed by atoms with Crippen LogP contribution in [0.1, 0.15) is 42.4 Å². The number of aryl methyl sites for hydroxylation is 3. The van der Waals surface area contributed by atoms with Gasteiger partial charge >= 0.3 is 0 Å². The SMILES string of the molecule is Cc1ccc(N(c2ccc(C)cc2)c2ccc(CCCCCC[N+](C)(C)C)cc2)cc1.[I-]. The van der Waals surface area contributed by atoms with E-state index in [4.69, 9.17) is 0 Å². The number of anilines is 3. The molecule has 0 saturated carbocycles. The van der Waals surface area contributed by atoms with Crippen LogP contribution >= 0.6 is 0 Å². The van der Waals surface area contributed by atoms with Crippen LogP contribution in [-0.2, 0) is 6.42 Å². The summed E-state index contributed by atoms with van der Waals surface area (Å²) in [4.78, 5) is 2.34. The zero-order chi connectivity index (χ0) is 22.3. The van der Waals surface area contributed by atoms with Crippen LogP contribution in [0, 0.1) is 13.8 Å². The van der Waals surface area contributed by atoms with Crippen molar-refractivity contribution in [1.82, 2.24) is 0 Å². The molecule has 0 saturated heterocycles. The van der Waals surface area contributed by atoms with Crippen molar-refractivity contribution in [3.05, 3.63) is 89.5 Å². The van der Waals surface area contributed by atoms with Crippen molar-refractivity contribution >= 4 is 17.1 Å². The average Bonchev–Trinajstić information content (AvgIpc) is 2.74. The molecule has 0 aliphatic carbocycles. The van der Waals surface area contributed by atoms with Gasteiger partial charge in [0.1, 0.15) is 0 Å². The molecule has 0 heterocycles. The van der Waals surface area contributed by atoms with Crippen LogP contribution in [0.4, 0.5) is 17.1 Å². The predicted molar refractivity (Wildman–Crippen MR) is 136 cm³/mol. The first-order chi connectivity index (χ1) is 14.8. The average molecular weight is 543 g/mol. The molecule has 0 radical (unpaired) electrons. The molecule has 0 spiro atoms. The number of hydrogen-bond donors (Lipinski definition) is 0. The van der Waals surface area contributed by atoms with Gasteiger partial charge in [-0.3, -0.25) is 0 Å². The number of hydrogen-bond acceptors (Lipinski definition) is 1. The first kappa shape index (κ1) is 26.4. The second kappa shape index (κ2) is 12.4. The molecule has 0 unspecified atom stereocenters. The Bertz CT molecular complexity index is 877. The van der Waals surface area contributed by atoms with Crippen molar-refractivity contribution in [2.24, 2.45) is 0 Å². The van der Waals surface area contributed by atoms with Gasteiger partial charge in [-0.1, -0.05) is 53.9 Å². The molecule has 0 amide bonds. The standard InChI is InChI=1S/C29H39N2.HI/c1-24-11-17-27(18-12-24)30(28-19-13-25(2)14-20-28)29-21-15-26(16-22-29)10-8-6-7-9-23-31(3,4)5;/h11-22H,6-10,23H2,1-5H3;1H/q+1;/p-1. The molecule has 0 atom stereocenters. The van der Waals surface area contributed by atoms with Gasteiger partial charge in [-0.15, -0.1) is 0 Å².